The second kappa shape index (κ2) is 10.4. The quantitative estimate of drug-likeness (QED) is 0.256. The summed E-state index contributed by atoms with van der Waals surface area (Å²) in [6.45, 7) is 2.56. The zero-order valence-electron chi connectivity index (χ0n) is 23.9. The minimum Gasteiger partial charge on any atom is -0.508 e. The van der Waals surface area contributed by atoms with E-state index in [1.807, 2.05) is 6.07 Å². The van der Waals surface area contributed by atoms with E-state index in [9.17, 15) is 9.50 Å². The van der Waals surface area contributed by atoms with Gasteiger partial charge in [-0.2, -0.15) is 9.97 Å². The summed E-state index contributed by atoms with van der Waals surface area (Å²) in [5.41, 5.74) is 0.333. The third-order valence-electron chi connectivity index (χ3n) is 10.4. The molecule has 3 aliphatic heterocycles. The van der Waals surface area contributed by atoms with E-state index >= 15 is 4.39 Å². The Balaban J connectivity index is 1.24. The molecule has 2 bridgehead atoms. The standard InChI is InChI=1S/C33H34ClF2N5O2/c34-26-4-1-3-21-12-23(42)13-24(27(21)26)29-28(36)30-25(15-37-29)31(40-16-19-5-6-20(11-19)17-40)39-32(38-30)43-18-33-8-2-10-41(33)22(14-35)7-9-33/h1,3-4,12-13,15,19-20,22,42H,2,5-11,14,16-18H2. The molecule has 3 saturated heterocycles. The van der Waals surface area contributed by atoms with Gasteiger partial charge in [-0.15, -0.1) is 0 Å². The van der Waals surface area contributed by atoms with Crippen LogP contribution in [-0.2, 0) is 0 Å². The van der Waals surface area contributed by atoms with Crippen LogP contribution in [0.15, 0.2) is 36.5 Å². The van der Waals surface area contributed by atoms with Crippen LogP contribution in [0.4, 0.5) is 14.6 Å². The van der Waals surface area contributed by atoms with Gasteiger partial charge in [0.2, 0.25) is 0 Å². The minimum atomic E-state index is -0.614. The van der Waals surface area contributed by atoms with Crippen molar-refractivity contribution in [2.45, 2.75) is 56.5 Å². The lowest BCUT2D eigenvalue weighted by Gasteiger charge is -2.34. The van der Waals surface area contributed by atoms with Crippen molar-refractivity contribution in [1.29, 1.82) is 0 Å². The lowest BCUT2D eigenvalue weighted by molar-refractivity contribution is 0.0772. The predicted octanol–water partition coefficient (Wildman–Crippen LogP) is 6.92. The van der Waals surface area contributed by atoms with Crippen LogP contribution in [0.3, 0.4) is 0 Å². The van der Waals surface area contributed by atoms with Gasteiger partial charge in [-0.1, -0.05) is 23.7 Å². The largest absolute Gasteiger partial charge is 0.508 e. The lowest BCUT2D eigenvalue weighted by atomic mass is 9.95. The Morgan fingerprint density at radius 3 is 2.74 bits per heavy atom. The number of fused-ring (bicyclic) bond motifs is 5. The Labute approximate surface area is 253 Å². The summed E-state index contributed by atoms with van der Waals surface area (Å²) < 4.78 is 36.8. The Hall–Kier alpha value is -3.30. The third-order valence-corrected chi connectivity index (χ3v) is 10.7. The molecule has 2 aromatic carbocycles. The fourth-order valence-corrected chi connectivity index (χ4v) is 8.71. The summed E-state index contributed by atoms with van der Waals surface area (Å²) in [5, 5.41) is 12.8. The fourth-order valence-electron chi connectivity index (χ4n) is 8.42. The zero-order valence-corrected chi connectivity index (χ0v) is 24.7. The molecule has 1 N–H and O–H groups in total. The number of nitrogens with zero attached hydrogens (tertiary/aromatic N) is 5. The summed E-state index contributed by atoms with van der Waals surface area (Å²) in [6, 6.07) is 8.49. The second-order valence-corrected chi connectivity index (χ2v) is 13.4. The first kappa shape index (κ1) is 27.3. The zero-order chi connectivity index (χ0) is 29.3. The highest BCUT2D eigenvalue weighted by Crippen LogP contribution is 2.44. The van der Waals surface area contributed by atoms with E-state index < -0.39 is 5.82 Å². The van der Waals surface area contributed by atoms with Crippen LogP contribution in [0.5, 0.6) is 11.8 Å². The number of pyridine rings is 1. The van der Waals surface area contributed by atoms with E-state index in [-0.39, 0.29) is 41.2 Å². The van der Waals surface area contributed by atoms with Gasteiger partial charge < -0.3 is 14.7 Å². The number of hydrogen-bond donors (Lipinski definition) is 1. The van der Waals surface area contributed by atoms with Crippen molar-refractivity contribution < 1.29 is 18.6 Å². The molecule has 5 heterocycles. The monoisotopic (exact) mass is 605 g/mol. The van der Waals surface area contributed by atoms with Crippen LogP contribution in [-0.4, -0.2) is 69.5 Å². The van der Waals surface area contributed by atoms with Gasteiger partial charge in [0.1, 0.15) is 36.1 Å². The van der Waals surface area contributed by atoms with Crippen molar-refractivity contribution >= 4 is 39.1 Å². The highest BCUT2D eigenvalue weighted by atomic mass is 35.5. The van der Waals surface area contributed by atoms with Crippen molar-refractivity contribution in [2.75, 3.05) is 37.8 Å². The van der Waals surface area contributed by atoms with E-state index in [0.29, 0.717) is 51.0 Å². The van der Waals surface area contributed by atoms with Crippen LogP contribution in [0.1, 0.15) is 44.9 Å². The first-order chi connectivity index (χ1) is 20.9. The first-order valence-electron chi connectivity index (χ1n) is 15.4. The number of anilines is 1. The number of phenolic OH excluding ortho intramolecular Hbond substituents is 1. The van der Waals surface area contributed by atoms with Gasteiger partial charge in [0.15, 0.2) is 5.82 Å². The highest BCUT2D eigenvalue weighted by Gasteiger charge is 2.50. The molecule has 224 valence electrons. The Kier molecular flexibility index (Phi) is 6.60. The predicted molar refractivity (Wildman–Crippen MR) is 163 cm³/mol. The molecule has 0 amide bonds. The second-order valence-electron chi connectivity index (χ2n) is 13.0. The number of aromatic nitrogens is 3. The van der Waals surface area contributed by atoms with Crippen molar-refractivity contribution in [3.8, 4) is 23.0 Å². The van der Waals surface area contributed by atoms with Crippen molar-refractivity contribution in [3.63, 3.8) is 0 Å². The van der Waals surface area contributed by atoms with Gasteiger partial charge in [0.25, 0.3) is 0 Å². The van der Waals surface area contributed by atoms with Gasteiger partial charge >= 0.3 is 6.01 Å². The normalized spacial score (nSPS) is 27.0. The Bertz CT molecular complexity index is 1730. The number of piperidine rings is 1. The Morgan fingerprint density at radius 2 is 1.93 bits per heavy atom. The Morgan fingerprint density at radius 1 is 1.09 bits per heavy atom. The van der Waals surface area contributed by atoms with E-state index in [4.69, 9.17) is 21.3 Å². The van der Waals surface area contributed by atoms with Gasteiger partial charge in [-0.3, -0.25) is 9.88 Å². The molecule has 8 rings (SSSR count). The smallest absolute Gasteiger partial charge is 0.319 e. The summed E-state index contributed by atoms with van der Waals surface area (Å²) in [4.78, 5) is 18.6. The third kappa shape index (κ3) is 4.49. The summed E-state index contributed by atoms with van der Waals surface area (Å²) in [7, 11) is 0. The van der Waals surface area contributed by atoms with Gasteiger partial charge in [0, 0.05) is 41.3 Å². The topological polar surface area (TPSA) is 74.6 Å². The fraction of sp³-hybridized carbons (Fsp3) is 0.485. The molecular weight excluding hydrogens is 572 g/mol. The molecule has 1 saturated carbocycles. The van der Waals surface area contributed by atoms with E-state index in [1.165, 1.54) is 25.3 Å². The maximum Gasteiger partial charge on any atom is 0.319 e. The molecule has 43 heavy (non-hydrogen) atoms. The number of alkyl halides is 1. The molecule has 0 radical (unpaired) electrons. The van der Waals surface area contributed by atoms with Crippen LogP contribution < -0.4 is 9.64 Å². The van der Waals surface area contributed by atoms with Gasteiger partial charge in [-0.05, 0) is 86.9 Å². The maximum absolute atomic E-state index is 16.7. The number of rotatable bonds is 6. The van der Waals surface area contributed by atoms with Crippen LogP contribution in [0.2, 0.25) is 5.02 Å². The number of ether oxygens (including phenoxy) is 1. The van der Waals surface area contributed by atoms with E-state index in [0.717, 1.165) is 45.3 Å². The summed E-state index contributed by atoms with van der Waals surface area (Å²) >= 11 is 6.58. The minimum absolute atomic E-state index is 0.00854. The number of benzene rings is 2. The first-order valence-corrected chi connectivity index (χ1v) is 15.8. The molecule has 4 unspecified atom stereocenters. The van der Waals surface area contributed by atoms with Crippen molar-refractivity contribution in [1.82, 2.24) is 19.9 Å². The highest BCUT2D eigenvalue weighted by molar-refractivity contribution is 6.36. The average molecular weight is 606 g/mol. The molecule has 2 aromatic heterocycles. The molecule has 0 spiro atoms. The SMILES string of the molecule is Oc1cc(-c2ncc3c(N4CC5CCC(C5)C4)nc(OCC45CCCN4C(CF)CC5)nc3c2F)c2c(Cl)cccc2c1. The van der Waals surface area contributed by atoms with Gasteiger partial charge in [0.05, 0.1) is 10.9 Å². The van der Waals surface area contributed by atoms with Crippen molar-refractivity contribution in [3.05, 3.63) is 47.4 Å². The molecule has 1 aliphatic carbocycles. The van der Waals surface area contributed by atoms with Crippen LogP contribution in [0, 0.1) is 17.7 Å². The van der Waals surface area contributed by atoms with Crippen LogP contribution >= 0.6 is 11.6 Å². The maximum atomic E-state index is 16.7. The number of aromatic hydroxyl groups is 1. The lowest BCUT2D eigenvalue weighted by Crippen LogP contribution is -2.47. The van der Waals surface area contributed by atoms with Crippen LogP contribution in [0.25, 0.3) is 32.9 Å². The molecular formula is C33H34ClF2N5O2. The van der Waals surface area contributed by atoms with Crippen molar-refractivity contribution in [2.24, 2.45) is 11.8 Å². The molecule has 10 heteroatoms. The molecule has 4 aromatic rings. The number of phenols is 1. The molecule has 7 nitrogen and oxygen atoms in total. The summed E-state index contributed by atoms with van der Waals surface area (Å²) in [5.74, 6) is 1.20. The molecule has 4 aliphatic rings. The van der Waals surface area contributed by atoms with Gasteiger partial charge in [-0.25, -0.2) is 8.78 Å². The molecule has 4 fully saturated rings. The number of halogens is 3. The average Bonchev–Trinajstić information content (AvgIpc) is 3.68. The van der Waals surface area contributed by atoms with E-state index in [1.54, 1.807) is 24.4 Å². The molecule has 4 atom stereocenters. The number of hydrogen-bond acceptors (Lipinski definition) is 7. The summed E-state index contributed by atoms with van der Waals surface area (Å²) in [6.07, 6.45) is 8.87. The van der Waals surface area contributed by atoms with E-state index in [2.05, 4.69) is 19.8 Å².